The first-order valence-corrected chi connectivity index (χ1v) is 16.4. The van der Waals surface area contributed by atoms with E-state index in [0.717, 1.165) is 61.5 Å². The Morgan fingerprint density at radius 3 is 1.06 bits per heavy atom. The lowest BCUT2D eigenvalue weighted by Gasteiger charge is -2.13. The van der Waals surface area contributed by atoms with Gasteiger partial charge in [-0.3, -0.25) is 0 Å². The van der Waals surface area contributed by atoms with E-state index in [1.54, 1.807) is 0 Å². The fourth-order valence-electron chi connectivity index (χ4n) is 6.06. The summed E-state index contributed by atoms with van der Waals surface area (Å²) in [6, 6.07) is 60.5. The largest absolute Gasteiger partial charge is 0.248 e. The molecule has 8 rings (SSSR count). The molecule has 49 heavy (non-hydrogen) atoms. The molecule has 4 nitrogen and oxygen atoms in total. The molecular weight excluding hydrogens is 597 g/mol. The highest BCUT2D eigenvalue weighted by Crippen LogP contribution is 2.34. The highest BCUT2D eigenvalue weighted by Gasteiger charge is 2.15. The third-order valence-electron chi connectivity index (χ3n) is 8.55. The smallest absolute Gasteiger partial charge is 0.164 e. The van der Waals surface area contributed by atoms with Crippen molar-refractivity contribution in [1.29, 1.82) is 0 Å². The second kappa shape index (κ2) is 13.3. The quantitative estimate of drug-likeness (QED) is 0.176. The summed E-state index contributed by atoms with van der Waals surface area (Å²) in [4.78, 5) is 20.0. The van der Waals surface area contributed by atoms with Crippen molar-refractivity contribution in [2.24, 2.45) is 0 Å². The Labute approximate surface area is 286 Å². The van der Waals surface area contributed by atoms with Crippen LogP contribution in [-0.4, -0.2) is 19.9 Å². The third kappa shape index (κ3) is 6.53. The molecule has 8 aromatic rings. The van der Waals surface area contributed by atoms with E-state index in [1.807, 2.05) is 84.9 Å². The average Bonchev–Trinajstić information content (AvgIpc) is 3.19. The fraction of sp³-hybridized carbons (Fsp3) is 0.0222. The molecule has 0 N–H and O–H groups in total. The Bertz CT molecular complexity index is 2300. The number of rotatable bonds is 7. The van der Waals surface area contributed by atoms with Crippen molar-refractivity contribution >= 4 is 0 Å². The summed E-state index contributed by atoms with van der Waals surface area (Å²) in [6.45, 7) is 2.12. The van der Waals surface area contributed by atoms with Crippen molar-refractivity contribution in [3.63, 3.8) is 0 Å². The number of nitrogens with zero attached hydrogens (tertiary/aromatic N) is 4. The molecule has 0 aliphatic heterocycles. The van der Waals surface area contributed by atoms with E-state index in [2.05, 4.69) is 97.9 Å². The number of aryl methyl sites for hydroxylation is 1. The summed E-state index contributed by atoms with van der Waals surface area (Å²) in [7, 11) is 0. The number of aromatic nitrogens is 4. The molecule has 2 heterocycles. The van der Waals surface area contributed by atoms with E-state index in [4.69, 9.17) is 19.9 Å². The lowest BCUT2D eigenvalue weighted by molar-refractivity contribution is 1.07. The van der Waals surface area contributed by atoms with Crippen LogP contribution >= 0.6 is 0 Å². The minimum Gasteiger partial charge on any atom is -0.248 e. The first-order valence-electron chi connectivity index (χ1n) is 16.4. The average molecular weight is 629 g/mol. The van der Waals surface area contributed by atoms with Crippen LogP contribution in [0.15, 0.2) is 176 Å². The summed E-state index contributed by atoms with van der Waals surface area (Å²) in [6.07, 6.45) is 0. The van der Waals surface area contributed by atoms with Gasteiger partial charge in [-0.1, -0.05) is 146 Å². The maximum atomic E-state index is 5.03. The van der Waals surface area contributed by atoms with Crippen LogP contribution in [0.5, 0.6) is 0 Å². The van der Waals surface area contributed by atoms with Crippen molar-refractivity contribution in [3.05, 3.63) is 181 Å². The molecule has 0 unspecified atom stereocenters. The first-order chi connectivity index (χ1) is 24.2. The van der Waals surface area contributed by atoms with E-state index < -0.39 is 0 Å². The van der Waals surface area contributed by atoms with Crippen molar-refractivity contribution in [3.8, 4) is 78.9 Å². The van der Waals surface area contributed by atoms with Gasteiger partial charge in [-0.2, -0.15) is 0 Å². The summed E-state index contributed by atoms with van der Waals surface area (Å²) >= 11 is 0. The zero-order chi connectivity index (χ0) is 33.0. The highest BCUT2D eigenvalue weighted by atomic mass is 15.0. The van der Waals surface area contributed by atoms with E-state index >= 15 is 0 Å². The number of benzene rings is 6. The molecule has 0 bridgehead atoms. The Hall–Kier alpha value is -6.52. The minimum absolute atomic E-state index is 0.626. The lowest BCUT2D eigenvalue weighted by Crippen LogP contribution is -2.00. The summed E-state index contributed by atoms with van der Waals surface area (Å²) in [5.41, 5.74) is 12.5. The zero-order valence-corrected chi connectivity index (χ0v) is 27.0. The summed E-state index contributed by atoms with van der Waals surface area (Å²) in [5, 5.41) is 0. The molecule has 0 aliphatic carbocycles. The van der Waals surface area contributed by atoms with Gasteiger partial charge in [0.1, 0.15) is 0 Å². The minimum atomic E-state index is 0.626. The van der Waals surface area contributed by atoms with Gasteiger partial charge in [-0.15, -0.1) is 0 Å². The van der Waals surface area contributed by atoms with E-state index in [-0.39, 0.29) is 0 Å². The Morgan fingerprint density at radius 1 is 0.265 bits per heavy atom. The van der Waals surface area contributed by atoms with E-state index in [0.29, 0.717) is 17.5 Å². The summed E-state index contributed by atoms with van der Waals surface area (Å²) in [5.74, 6) is 1.91. The van der Waals surface area contributed by atoms with Gasteiger partial charge in [0.25, 0.3) is 0 Å². The molecule has 0 aliphatic rings. The van der Waals surface area contributed by atoms with E-state index in [9.17, 15) is 0 Å². The maximum absolute atomic E-state index is 5.03. The molecule has 0 radical (unpaired) electrons. The molecule has 2 aromatic heterocycles. The monoisotopic (exact) mass is 628 g/mol. The second-order valence-electron chi connectivity index (χ2n) is 12.1. The molecule has 0 saturated carbocycles. The van der Waals surface area contributed by atoms with Crippen LogP contribution < -0.4 is 0 Å². The number of hydrogen-bond acceptors (Lipinski definition) is 4. The second-order valence-corrected chi connectivity index (χ2v) is 12.1. The van der Waals surface area contributed by atoms with Crippen molar-refractivity contribution in [2.75, 3.05) is 0 Å². The van der Waals surface area contributed by atoms with Gasteiger partial charge in [0.2, 0.25) is 0 Å². The predicted octanol–water partition coefficient (Wildman–Crippen LogP) is 11.2. The summed E-state index contributed by atoms with van der Waals surface area (Å²) < 4.78 is 0. The normalized spacial score (nSPS) is 11.0. The van der Waals surface area contributed by atoms with Crippen LogP contribution in [0.1, 0.15) is 5.56 Å². The lowest BCUT2D eigenvalue weighted by atomic mass is 9.95. The fourth-order valence-corrected chi connectivity index (χ4v) is 6.06. The van der Waals surface area contributed by atoms with Gasteiger partial charge in [-0.25, -0.2) is 19.9 Å². The highest BCUT2D eigenvalue weighted by molar-refractivity contribution is 5.81. The van der Waals surface area contributed by atoms with Crippen molar-refractivity contribution in [1.82, 2.24) is 19.9 Å². The molecule has 0 atom stereocenters. The third-order valence-corrected chi connectivity index (χ3v) is 8.55. The first kappa shape index (κ1) is 29.9. The van der Waals surface area contributed by atoms with Gasteiger partial charge in [0.05, 0.1) is 11.4 Å². The topological polar surface area (TPSA) is 51.6 Å². The predicted molar refractivity (Wildman–Crippen MR) is 200 cm³/mol. The maximum Gasteiger partial charge on any atom is 0.164 e. The molecular formula is C45H32N4. The Kier molecular flexibility index (Phi) is 8.11. The SMILES string of the molecule is Cc1cc(-c2ccccc2)nc(-c2ccc(-c3cc(-c4ccccc4)cc(-c4nc(-c5ccccc5)nc(-c5ccccc5)n4)c3)cc2)c1. The van der Waals surface area contributed by atoms with Gasteiger partial charge < -0.3 is 0 Å². The van der Waals surface area contributed by atoms with Crippen LogP contribution in [0.3, 0.4) is 0 Å². The van der Waals surface area contributed by atoms with Gasteiger partial charge in [-0.05, 0) is 65.1 Å². The van der Waals surface area contributed by atoms with Crippen LogP contribution in [0.25, 0.3) is 78.9 Å². The van der Waals surface area contributed by atoms with Crippen LogP contribution in [0.2, 0.25) is 0 Å². The molecule has 0 spiro atoms. The molecule has 6 aromatic carbocycles. The molecule has 232 valence electrons. The van der Waals surface area contributed by atoms with Gasteiger partial charge in [0, 0.05) is 27.8 Å². The van der Waals surface area contributed by atoms with Crippen LogP contribution in [-0.2, 0) is 0 Å². The molecule has 0 saturated heterocycles. The molecule has 4 heteroatoms. The zero-order valence-electron chi connectivity index (χ0n) is 27.0. The number of hydrogen-bond donors (Lipinski definition) is 0. The Morgan fingerprint density at radius 2 is 0.592 bits per heavy atom. The van der Waals surface area contributed by atoms with Crippen molar-refractivity contribution in [2.45, 2.75) is 6.92 Å². The van der Waals surface area contributed by atoms with Crippen molar-refractivity contribution < 1.29 is 0 Å². The van der Waals surface area contributed by atoms with Crippen LogP contribution in [0, 0.1) is 6.92 Å². The molecule has 0 fully saturated rings. The van der Waals surface area contributed by atoms with Gasteiger partial charge >= 0.3 is 0 Å². The standard InChI is InChI=1S/C45H32N4/c1-31-26-41(34-16-8-3-9-17-34)46-42(27-31)35-24-22-33(23-25-35)39-28-38(32-14-6-2-7-15-32)29-40(30-39)45-48-43(36-18-10-4-11-19-36)47-44(49-45)37-20-12-5-13-21-37/h2-30H,1H3. The van der Waals surface area contributed by atoms with Crippen LogP contribution in [0.4, 0.5) is 0 Å². The van der Waals surface area contributed by atoms with Gasteiger partial charge in [0.15, 0.2) is 17.5 Å². The van der Waals surface area contributed by atoms with E-state index in [1.165, 1.54) is 5.56 Å². The Balaban J connectivity index is 1.24. The molecule has 0 amide bonds. The number of pyridine rings is 1.